The molecule has 0 radical (unpaired) electrons. The summed E-state index contributed by atoms with van der Waals surface area (Å²) < 4.78 is 35.0. The van der Waals surface area contributed by atoms with Crippen LogP contribution < -0.4 is 4.74 Å². The molecule has 4 aromatic rings. The van der Waals surface area contributed by atoms with E-state index in [0.29, 0.717) is 19.5 Å². The molecule has 1 aliphatic heterocycles. The van der Waals surface area contributed by atoms with Crippen molar-refractivity contribution in [1.82, 2.24) is 23.8 Å². The van der Waals surface area contributed by atoms with Gasteiger partial charge in [0.2, 0.25) is 10.0 Å². The maximum atomic E-state index is 13.1. The third-order valence-electron chi connectivity index (χ3n) is 5.56. The van der Waals surface area contributed by atoms with Crippen LogP contribution in [0.5, 0.6) is 5.75 Å². The molecule has 4 heterocycles. The van der Waals surface area contributed by atoms with E-state index in [-0.39, 0.29) is 10.9 Å². The summed E-state index contributed by atoms with van der Waals surface area (Å²) in [5, 5.41) is 0. The molecule has 0 saturated carbocycles. The Kier molecular flexibility index (Phi) is 4.91. The van der Waals surface area contributed by atoms with E-state index >= 15 is 0 Å². The third-order valence-corrected chi connectivity index (χ3v) is 7.41. The highest BCUT2D eigenvalue weighted by Gasteiger charge is 2.35. The van der Waals surface area contributed by atoms with Crippen molar-refractivity contribution in [3.63, 3.8) is 0 Å². The van der Waals surface area contributed by atoms with Crippen LogP contribution in [0.15, 0.2) is 72.0 Å². The monoisotopic (exact) mass is 435 g/mol. The van der Waals surface area contributed by atoms with Gasteiger partial charge in [-0.05, 0) is 55.0 Å². The van der Waals surface area contributed by atoms with Gasteiger partial charge in [0.15, 0.2) is 5.65 Å². The number of rotatable bonds is 5. The number of hydrogen-bond acceptors (Lipinski definition) is 6. The first kappa shape index (κ1) is 19.7. The Morgan fingerprint density at radius 2 is 1.87 bits per heavy atom. The molecule has 3 aromatic heterocycles. The summed E-state index contributed by atoms with van der Waals surface area (Å²) in [7, 11) is -1.97. The highest BCUT2D eigenvalue weighted by molar-refractivity contribution is 7.89. The molecule has 5 rings (SSSR count). The quantitative estimate of drug-likeness (QED) is 0.478. The lowest BCUT2D eigenvalue weighted by atomic mass is 10.2. The largest absolute Gasteiger partial charge is 0.497 e. The highest BCUT2D eigenvalue weighted by atomic mass is 32.2. The number of pyridine rings is 2. The van der Waals surface area contributed by atoms with Crippen LogP contribution in [0, 0.1) is 0 Å². The minimum atomic E-state index is -3.60. The van der Waals surface area contributed by atoms with Gasteiger partial charge in [-0.2, -0.15) is 4.31 Å². The van der Waals surface area contributed by atoms with E-state index < -0.39 is 10.0 Å². The molecule has 31 heavy (non-hydrogen) atoms. The third kappa shape index (κ3) is 3.45. The van der Waals surface area contributed by atoms with Gasteiger partial charge in [0.05, 0.1) is 13.2 Å². The van der Waals surface area contributed by atoms with Crippen molar-refractivity contribution >= 4 is 21.2 Å². The van der Waals surface area contributed by atoms with E-state index in [4.69, 9.17) is 9.72 Å². The van der Waals surface area contributed by atoms with Crippen molar-refractivity contribution in [3.8, 4) is 17.1 Å². The van der Waals surface area contributed by atoms with E-state index in [1.54, 1.807) is 31.6 Å². The van der Waals surface area contributed by atoms with E-state index in [0.717, 1.165) is 28.3 Å². The van der Waals surface area contributed by atoms with Crippen LogP contribution in [0.25, 0.3) is 22.6 Å². The molecule has 1 atom stereocenters. The van der Waals surface area contributed by atoms with E-state index in [2.05, 4.69) is 14.5 Å². The SMILES string of the molecule is COc1ccc(-c2nc3cccnc3n2[C@@H]2CCN(S(=O)(=O)c3cccnc3)C2)cc1. The molecule has 0 bridgehead atoms. The standard InChI is InChI=1S/C22H21N5O3S/c1-30-18-8-6-16(7-9-18)21-25-20-5-3-12-24-22(20)27(21)17-10-13-26(15-17)31(28,29)19-4-2-11-23-14-19/h2-9,11-12,14,17H,10,13,15H2,1H3/t17-/m1/s1. The molecule has 8 nitrogen and oxygen atoms in total. The Labute approximate surface area is 180 Å². The van der Waals surface area contributed by atoms with Crippen molar-refractivity contribution in [2.45, 2.75) is 17.4 Å². The fraction of sp³-hybridized carbons (Fsp3) is 0.227. The zero-order chi connectivity index (χ0) is 21.4. The van der Waals surface area contributed by atoms with Crippen LogP contribution in [0.3, 0.4) is 0 Å². The van der Waals surface area contributed by atoms with Crippen LogP contribution in [-0.4, -0.2) is 52.4 Å². The van der Waals surface area contributed by atoms with Gasteiger partial charge in [0.1, 0.15) is 22.0 Å². The minimum absolute atomic E-state index is 0.0801. The Hall–Kier alpha value is -3.30. The van der Waals surface area contributed by atoms with Crippen molar-refractivity contribution in [1.29, 1.82) is 0 Å². The number of nitrogens with zero attached hydrogens (tertiary/aromatic N) is 5. The number of ether oxygens (including phenoxy) is 1. The second kappa shape index (κ2) is 7.75. The van der Waals surface area contributed by atoms with Gasteiger partial charge in [-0.25, -0.2) is 18.4 Å². The Morgan fingerprint density at radius 1 is 1.06 bits per heavy atom. The first-order valence-electron chi connectivity index (χ1n) is 9.95. The molecule has 0 aliphatic carbocycles. The summed E-state index contributed by atoms with van der Waals surface area (Å²) in [5.74, 6) is 1.53. The number of imidazole rings is 1. The van der Waals surface area contributed by atoms with Gasteiger partial charge in [0.25, 0.3) is 0 Å². The number of hydrogen-bond donors (Lipinski definition) is 0. The summed E-state index contributed by atoms with van der Waals surface area (Å²) in [6, 6.07) is 14.6. The molecular formula is C22H21N5O3S. The summed E-state index contributed by atoms with van der Waals surface area (Å²) in [6.07, 6.45) is 5.36. The maximum Gasteiger partial charge on any atom is 0.244 e. The Bertz CT molecular complexity index is 1320. The molecule has 1 fully saturated rings. The average molecular weight is 436 g/mol. The molecular weight excluding hydrogens is 414 g/mol. The number of benzene rings is 1. The Balaban J connectivity index is 1.54. The lowest BCUT2D eigenvalue weighted by Crippen LogP contribution is -2.29. The van der Waals surface area contributed by atoms with Crippen molar-refractivity contribution in [2.24, 2.45) is 0 Å². The van der Waals surface area contributed by atoms with Gasteiger partial charge >= 0.3 is 0 Å². The van der Waals surface area contributed by atoms with Crippen LogP contribution in [0.2, 0.25) is 0 Å². The summed E-state index contributed by atoms with van der Waals surface area (Å²) in [6.45, 7) is 0.777. The fourth-order valence-corrected chi connectivity index (χ4v) is 5.46. The zero-order valence-electron chi connectivity index (χ0n) is 16.9. The lowest BCUT2D eigenvalue weighted by Gasteiger charge is -2.18. The van der Waals surface area contributed by atoms with Crippen LogP contribution in [0.4, 0.5) is 0 Å². The number of aromatic nitrogens is 4. The first-order chi connectivity index (χ1) is 15.1. The van der Waals surface area contributed by atoms with Crippen LogP contribution in [0.1, 0.15) is 12.5 Å². The van der Waals surface area contributed by atoms with Crippen LogP contribution in [-0.2, 0) is 10.0 Å². The van der Waals surface area contributed by atoms with Crippen molar-refractivity contribution in [2.75, 3.05) is 20.2 Å². The molecule has 1 saturated heterocycles. The molecule has 9 heteroatoms. The van der Waals surface area contributed by atoms with Crippen LogP contribution >= 0.6 is 0 Å². The fourth-order valence-electron chi connectivity index (χ4n) is 4.01. The second-order valence-electron chi connectivity index (χ2n) is 7.37. The topological polar surface area (TPSA) is 90.2 Å². The average Bonchev–Trinajstić information content (AvgIpc) is 3.45. The smallest absolute Gasteiger partial charge is 0.244 e. The molecule has 1 aromatic carbocycles. The first-order valence-corrected chi connectivity index (χ1v) is 11.4. The van der Waals surface area contributed by atoms with E-state index in [1.807, 2.05) is 36.4 Å². The van der Waals surface area contributed by atoms with E-state index in [9.17, 15) is 8.42 Å². The zero-order valence-corrected chi connectivity index (χ0v) is 17.7. The normalized spacial score (nSPS) is 17.3. The van der Waals surface area contributed by atoms with E-state index in [1.165, 1.54) is 10.5 Å². The summed E-state index contributed by atoms with van der Waals surface area (Å²) in [4.78, 5) is 13.5. The molecule has 0 spiro atoms. The molecule has 0 unspecified atom stereocenters. The number of methoxy groups -OCH3 is 1. The molecule has 1 aliphatic rings. The van der Waals surface area contributed by atoms with Gasteiger partial charge in [-0.3, -0.25) is 4.98 Å². The minimum Gasteiger partial charge on any atom is -0.497 e. The van der Waals surface area contributed by atoms with Crippen molar-refractivity contribution in [3.05, 3.63) is 67.1 Å². The summed E-state index contributed by atoms with van der Waals surface area (Å²) in [5.41, 5.74) is 2.45. The predicted molar refractivity (Wildman–Crippen MR) is 116 cm³/mol. The highest BCUT2D eigenvalue weighted by Crippen LogP contribution is 2.34. The van der Waals surface area contributed by atoms with Crippen molar-refractivity contribution < 1.29 is 13.2 Å². The lowest BCUT2D eigenvalue weighted by molar-refractivity contribution is 0.415. The van der Waals surface area contributed by atoms with Gasteiger partial charge in [-0.1, -0.05) is 0 Å². The summed E-state index contributed by atoms with van der Waals surface area (Å²) >= 11 is 0. The maximum absolute atomic E-state index is 13.1. The Morgan fingerprint density at radius 3 is 2.61 bits per heavy atom. The molecule has 0 amide bonds. The predicted octanol–water partition coefficient (Wildman–Crippen LogP) is 3.14. The van der Waals surface area contributed by atoms with Gasteiger partial charge < -0.3 is 9.30 Å². The second-order valence-corrected chi connectivity index (χ2v) is 9.31. The number of fused-ring (bicyclic) bond motifs is 1. The molecule has 158 valence electrons. The van der Waals surface area contributed by atoms with Gasteiger partial charge in [-0.15, -0.1) is 0 Å². The molecule has 0 N–H and O–H groups in total. The number of sulfonamides is 1. The van der Waals surface area contributed by atoms with Gasteiger partial charge in [0, 0.05) is 37.2 Å².